The highest BCUT2D eigenvalue weighted by atomic mass is 79.9. The molecule has 0 aliphatic carbocycles. The third-order valence-corrected chi connectivity index (χ3v) is 3.10. The van der Waals surface area contributed by atoms with E-state index in [4.69, 9.17) is 4.74 Å². The van der Waals surface area contributed by atoms with Crippen LogP contribution in [0.5, 0.6) is 5.75 Å². The molecule has 1 atom stereocenters. The summed E-state index contributed by atoms with van der Waals surface area (Å²) in [5.41, 5.74) is 1.02. The molecule has 0 aliphatic heterocycles. The van der Waals surface area contributed by atoms with Gasteiger partial charge < -0.3 is 14.8 Å². The van der Waals surface area contributed by atoms with Crippen molar-refractivity contribution in [3.8, 4) is 5.75 Å². The Bertz CT molecular complexity index is 485. The number of aliphatic hydroxyl groups is 1. The normalized spacial score (nSPS) is 12.4. The molecule has 1 aromatic heterocycles. The molecule has 0 aliphatic rings. The molecule has 17 heavy (non-hydrogen) atoms. The van der Waals surface area contributed by atoms with Gasteiger partial charge in [-0.15, -0.1) is 0 Å². The molecule has 0 fully saturated rings. The number of aromatic amines is 1. The molecule has 0 bridgehead atoms. The number of methoxy groups -OCH3 is 1. The van der Waals surface area contributed by atoms with Crippen LogP contribution in [0.25, 0.3) is 0 Å². The van der Waals surface area contributed by atoms with Crippen LogP contribution >= 0.6 is 15.9 Å². The molecule has 1 unspecified atom stereocenters. The maximum absolute atomic E-state index is 9.94. The molecule has 2 N–H and O–H groups in total. The number of halogens is 1. The first kappa shape index (κ1) is 12.1. The fourth-order valence-corrected chi connectivity index (χ4v) is 2.20. The van der Waals surface area contributed by atoms with E-state index in [9.17, 15) is 5.11 Å². The van der Waals surface area contributed by atoms with E-state index < -0.39 is 6.10 Å². The third-order valence-electron chi connectivity index (χ3n) is 2.48. The Morgan fingerprint density at radius 1 is 1.53 bits per heavy atom. The van der Waals surface area contributed by atoms with Gasteiger partial charge in [0.05, 0.1) is 11.6 Å². The minimum atomic E-state index is -0.620. The van der Waals surface area contributed by atoms with Gasteiger partial charge in [0.25, 0.3) is 0 Å². The second-order valence-electron chi connectivity index (χ2n) is 3.66. The molecular formula is C12H13BrN2O2. The number of hydrogen-bond donors (Lipinski definition) is 2. The summed E-state index contributed by atoms with van der Waals surface area (Å²) in [6, 6.07) is 5.73. The first-order valence-corrected chi connectivity index (χ1v) is 5.99. The molecule has 0 saturated heterocycles. The third kappa shape index (κ3) is 2.87. The zero-order valence-electron chi connectivity index (χ0n) is 9.35. The maximum Gasteiger partial charge on any atom is 0.135 e. The lowest BCUT2D eigenvalue weighted by molar-refractivity contribution is 0.169. The predicted molar refractivity (Wildman–Crippen MR) is 67.9 cm³/mol. The summed E-state index contributed by atoms with van der Waals surface area (Å²) in [5, 5.41) is 9.94. The van der Waals surface area contributed by atoms with E-state index in [2.05, 4.69) is 25.9 Å². The minimum Gasteiger partial charge on any atom is -0.496 e. The van der Waals surface area contributed by atoms with Crippen LogP contribution < -0.4 is 4.74 Å². The quantitative estimate of drug-likeness (QED) is 0.911. The number of H-pyrrole nitrogens is 1. The molecule has 1 aromatic carbocycles. The predicted octanol–water partition coefficient (Wildman–Crippen LogP) is 2.46. The second kappa shape index (κ2) is 5.33. The van der Waals surface area contributed by atoms with E-state index in [-0.39, 0.29) is 0 Å². The molecule has 2 rings (SSSR count). The smallest absolute Gasteiger partial charge is 0.135 e. The van der Waals surface area contributed by atoms with Crippen LogP contribution in [0.15, 0.2) is 35.1 Å². The molecule has 4 nitrogen and oxygen atoms in total. The molecular weight excluding hydrogens is 284 g/mol. The van der Waals surface area contributed by atoms with E-state index in [0.29, 0.717) is 12.2 Å². The van der Waals surface area contributed by atoms with Crippen LogP contribution in [-0.2, 0) is 6.42 Å². The zero-order chi connectivity index (χ0) is 12.3. The van der Waals surface area contributed by atoms with Crippen molar-refractivity contribution < 1.29 is 9.84 Å². The van der Waals surface area contributed by atoms with Crippen molar-refractivity contribution in [2.24, 2.45) is 0 Å². The largest absolute Gasteiger partial charge is 0.496 e. The van der Waals surface area contributed by atoms with Gasteiger partial charge in [0.2, 0.25) is 0 Å². The van der Waals surface area contributed by atoms with Gasteiger partial charge >= 0.3 is 0 Å². The number of aromatic nitrogens is 2. The first-order valence-electron chi connectivity index (χ1n) is 5.20. The lowest BCUT2D eigenvalue weighted by Crippen LogP contribution is -2.03. The average Bonchev–Trinajstić information content (AvgIpc) is 2.82. The van der Waals surface area contributed by atoms with Crippen molar-refractivity contribution >= 4 is 15.9 Å². The summed E-state index contributed by atoms with van der Waals surface area (Å²) in [6.07, 6.45) is 3.21. The molecule has 1 heterocycles. The second-order valence-corrected chi connectivity index (χ2v) is 4.52. The van der Waals surface area contributed by atoms with E-state index in [1.807, 2.05) is 18.2 Å². The standard InChI is InChI=1S/C12H13BrN2O2/c1-17-11-3-2-8(6-9(11)13)7-10(16)12-14-4-5-15-12/h2-6,10,16H,7H2,1H3,(H,14,15). The van der Waals surface area contributed by atoms with Gasteiger partial charge in [-0.2, -0.15) is 0 Å². The van der Waals surface area contributed by atoms with Crippen LogP contribution in [0.2, 0.25) is 0 Å². The molecule has 5 heteroatoms. The Hall–Kier alpha value is -1.33. The number of nitrogens with one attached hydrogen (secondary N) is 1. The highest BCUT2D eigenvalue weighted by Crippen LogP contribution is 2.27. The Balaban J connectivity index is 2.11. The van der Waals surface area contributed by atoms with Crippen molar-refractivity contribution in [3.63, 3.8) is 0 Å². The molecule has 90 valence electrons. The van der Waals surface area contributed by atoms with Crippen LogP contribution in [0.3, 0.4) is 0 Å². The molecule has 2 aromatic rings. The van der Waals surface area contributed by atoms with Gasteiger partial charge in [-0.05, 0) is 33.6 Å². The van der Waals surface area contributed by atoms with Gasteiger partial charge in [0.1, 0.15) is 17.7 Å². The average molecular weight is 297 g/mol. The lowest BCUT2D eigenvalue weighted by atomic mass is 10.1. The van der Waals surface area contributed by atoms with E-state index >= 15 is 0 Å². The molecule has 0 amide bonds. The summed E-state index contributed by atoms with van der Waals surface area (Å²) >= 11 is 3.42. The van der Waals surface area contributed by atoms with E-state index in [0.717, 1.165) is 15.8 Å². The SMILES string of the molecule is COc1ccc(CC(O)c2ncc[nH]2)cc1Br. The highest BCUT2D eigenvalue weighted by molar-refractivity contribution is 9.10. The van der Waals surface area contributed by atoms with Crippen molar-refractivity contribution in [1.29, 1.82) is 0 Å². The Kier molecular flexibility index (Phi) is 3.81. The van der Waals surface area contributed by atoms with Crippen molar-refractivity contribution in [3.05, 3.63) is 46.5 Å². The zero-order valence-corrected chi connectivity index (χ0v) is 10.9. The number of aliphatic hydroxyl groups excluding tert-OH is 1. The molecule has 0 saturated carbocycles. The van der Waals surface area contributed by atoms with Crippen LogP contribution in [-0.4, -0.2) is 22.2 Å². The van der Waals surface area contributed by atoms with Crippen molar-refractivity contribution in [2.45, 2.75) is 12.5 Å². The van der Waals surface area contributed by atoms with Crippen LogP contribution in [0, 0.1) is 0 Å². The topological polar surface area (TPSA) is 58.1 Å². The number of hydrogen-bond acceptors (Lipinski definition) is 3. The van der Waals surface area contributed by atoms with E-state index in [1.165, 1.54) is 0 Å². The van der Waals surface area contributed by atoms with Gasteiger partial charge in [-0.1, -0.05) is 6.07 Å². The maximum atomic E-state index is 9.94. The molecule has 0 spiro atoms. The summed E-state index contributed by atoms with van der Waals surface area (Å²) < 4.78 is 6.03. The number of nitrogens with zero attached hydrogens (tertiary/aromatic N) is 1. The Morgan fingerprint density at radius 2 is 2.35 bits per heavy atom. The minimum absolute atomic E-state index is 0.510. The van der Waals surface area contributed by atoms with Gasteiger partial charge in [-0.25, -0.2) is 4.98 Å². The summed E-state index contributed by atoms with van der Waals surface area (Å²) in [7, 11) is 1.62. The fraction of sp³-hybridized carbons (Fsp3) is 0.250. The number of ether oxygens (including phenoxy) is 1. The first-order chi connectivity index (χ1) is 8.20. The van der Waals surface area contributed by atoms with Crippen LogP contribution in [0.1, 0.15) is 17.5 Å². The number of rotatable bonds is 4. The van der Waals surface area contributed by atoms with Crippen molar-refractivity contribution in [1.82, 2.24) is 9.97 Å². The number of benzene rings is 1. The van der Waals surface area contributed by atoms with E-state index in [1.54, 1.807) is 19.5 Å². The van der Waals surface area contributed by atoms with Crippen LogP contribution in [0.4, 0.5) is 0 Å². The summed E-state index contributed by atoms with van der Waals surface area (Å²) in [5.74, 6) is 1.36. The Labute approximate surface area is 108 Å². The Morgan fingerprint density at radius 3 is 2.94 bits per heavy atom. The van der Waals surface area contributed by atoms with Gasteiger partial charge in [0.15, 0.2) is 0 Å². The molecule has 0 radical (unpaired) electrons. The fourth-order valence-electron chi connectivity index (χ4n) is 1.62. The lowest BCUT2D eigenvalue weighted by Gasteiger charge is -2.09. The van der Waals surface area contributed by atoms with Gasteiger partial charge in [0, 0.05) is 18.8 Å². The summed E-state index contributed by atoms with van der Waals surface area (Å²) in [6.45, 7) is 0. The highest BCUT2D eigenvalue weighted by Gasteiger charge is 2.11. The van der Waals surface area contributed by atoms with Gasteiger partial charge in [-0.3, -0.25) is 0 Å². The monoisotopic (exact) mass is 296 g/mol. The van der Waals surface area contributed by atoms with Crippen molar-refractivity contribution in [2.75, 3.05) is 7.11 Å². The number of imidazole rings is 1. The summed E-state index contributed by atoms with van der Waals surface area (Å²) in [4.78, 5) is 6.92.